The van der Waals surface area contributed by atoms with Crippen LogP contribution in [0.1, 0.15) is 27.9 Å². The third kappa shape index (κ3) is 4.70. The van der Waals surface area contributed by atoms with Crippen LogP contribution in [-0.2, 0) is 9.59 Å². The first-order valence-electron chi connectivity index (χ1n) is 9.99. The number of anilines is 2. The Balaban J connectivity index is 1.40. The lowest BCUT2D eigenvalue weighted by Gasteiger charge is -2.15. The van der Waals surface area contributed by atoms with Crippen LogP contribution in [0.3, 0.4) is 0 Å². The van der Waals surface area contributed by atoms with Gasteiger partial charge in [-0.3, -0.25) is 14.4 Å². The third-order valence-electron chi connectivity index (χ3n) is 5.10. The maximum absolute atomic E-state index is 12.8. The summed E-state index contributed by atoms with van der Waals surface area (Å²) in [5.74, 6) is -0.561. The number of nitrogens with one attached hydrogen (secondary N) is 1. The standard InChI is InChI=1S/C25H22N2O3S/c1-16-3-7-18(8-4-16)24(29)26-19-9-13-21(14-10-19)31-22-15-23(28)27(25(22)30)20-11-5-17(2)6-12-20/h3-14,22H,15H2,1-2H3,(H,26,29). The Labute approximate surface area is 185 Å². The zero-order chi connectivity index (χ0) is 22.0. The minimum atomic E-state index is -0.457. The fourth-order valence-electron chi connectivity index (χ4n) is 3.35. The Morgan fingerprint density at radius 3 is 2.06 bits per heavy atom. The van der Waals surface area contributed by atoms with Gasteiger partial charge in [-0.2, -0.15) is 0 Å². The van der Waals surface area contributed by atoms with Crippen LogP contribution < -0.4 is 10.2 Å². The van der Waals surface area contributed by atoms with Gasteiger partial charge in [-0.15, -0.1) is 11.8 Å². The van der Waals surface area contributed by atoms with Gasteiger partial charge in [0.05, 0.1) is 10.9 Å². The van der Waals surface area contributed by atoms with Crippen LogP contribution in [0.5, 0.6) is 0 Å². The highest BCUT2D eigenvalue weighted by molar-refractivity contribution is 8.00. The van der Waals surface area contributed by atoms with Crippen molar-refractivity contribution in [3.05, 3.63) is 89.5 Å². The van der Waals surface area contributed by atoms with Crippen molar-refractivity contribution in [2.45, 2.75) is 30.4 Å². The smallest absolute Gasteiger partial charge is 0.255 e. The van der Waals surface area contributed by atoms with E-state index in [9.17, 15) is 14.4 Å². The summed E-state index contributed by atoms with van der Waals surface area (Å²) in [5.41, 5.74) is 4.04. The Morgan fingerprint density at radius 2 is 1.45 bits per heavy atom. The van der Waals surface area contributed by atoms with Gasteiger partial charge in [-0.05, 0) is 62.4 Å². The quantitative estimate of drug-likeness (QED) is 0.580. The largest absolute Gasteiger partial charge is 0.322 e. The average Bonchev–Trinajstić information content (AvgIpc) is 3.03. The highest BCUT2D eigenvalue weighted by Crippen LogP contribution is 2.34. The summed E-state index contributed by atoms with van der Waals surface area (Å²) in [6, 6.07) is 22.0. The molecule has 5 nitrogen and oxygen atoms in total. The van der Waals surface area contributed by atoms with Gasteiger partial charge in [-0.25, -0.2) is 4.90 Å². The van der Waals surface area contributed by atoms with Gasteiger partial charge in [0.15, 0.2) is 0 Å². The Bertz CT molecular complexity index is 1120. The van der Waals surface area contributed by atoms with E-state index in [-0.39, 0.29) is 24.1 Å². The molecule has 0 aliphatic carbocycles. The Morgan fingerprint density at radius 1 is 0.871 bits per heavy atom. The van der Waals surface area contributed by atoms with E-state index >= 15 is 0 Å². The minimum Gasteiger partial charge on any atom is -0.322 e. The van der Waals surface area contributed by atoms with E-state index in [0.29, 0.717) is 16.9 Å². The topological polar surface area (TPSA) is 66.5 Å². The number of amides is 3. The van der Waals surface area contributed by atoms with E-state index in [0.717, 1.165) is 16.0 Å². The molecular weight excluding hydrogens is 408 g/mol. The SMILES string of the molecule is Cc1ccc(C(=O)Nc2ccc(SC3CC(=O)N(c4ccc(C)cc4)C3=O)cc2)cc1. The number of nitrogens with zero attached hydrogens (tertiary/aromatic N) is 1. The molecular formula is C25H22N2O3S. The number of benzene rings is 3. The fourth-order valence-corrected chi connectivity index (χ4v) is 4.40. The summed E-state index contributed by atoms with van der Waals surface area (Å²) in [6.45, 7) is 3.93. The number of hydrogen-bond donors (Lipinski definition) is 1. The molecule has 156 valence electrons. The predicted octanol–water partition coefficient (Wildman–Crippen LogP) is 4.98. The lowest BCUT2D eigenvalue weighted by molar-refractivity contribution is -0.121. The second-order valence-corrected chi connectivity index (χ2v) is 8.83. The van der Waals surface area contributed by atoms with E-state index in [4.69, 9.17) is 0 Å². The molecule has 1 atom stereocenters. The molecule has 6 heteroatoms. The molecule has 1 N–H and O–H groups in total. The van der Waals surface area contributed by atoms with Gasteiger partial charge >= 0.3 is 0 Å². The van der Waals surface area contributed by atoms with E-state index in [1.54, 1.807) is 36.4 Å². The monoisotopic (exact) mass is 430 g/mol. The molecule has 3 aromatic rings. The number of imide groups is 1. The molecule has 1 aliphatic rings. The van der Waals surface area contributed by atoms with E-state index in [1.165, 1.54) is 16.7 Å². The number of hydrogen-bond acceptors (Lipinski definition) is 4. The van der Waals surface area contributed by atoms with Crippen molar-refractivity contribution in [1.82, 2.24) is 0 Å². The summed E-state index contributed by atoms with van der Waals surface area (Å²) in [5, 5.41) is 2.41. The lowest BCUT2D eigenvalue weighted by Crippen LogP contribution is -2.31. The number of aryl methyl sites for hydroxylation is 2. The van der Waals surface area contributed by atoms with E-state index in [1.807, 2.05) is 50.2 Å². The van der Waals surface area contributed by atoms with Crippen molar-refractivity contribution in [2.24, 2.45) is 0 Å². The molecule has 1 heterocycles. The number of rotatable bonds is 5. The summed E-state index contributed by atoms with van der Waals surface area (Å²) in [7, 11) is 0. The first-order chi connectivity index (χ1) is 14.9. The zero-order valence-electron chi connectivity index (χ0n) is 17.3. The second kappa shape index (κ2) is 8.78. The van der Waals surface area contributed by atoms with E-state index in [2.05, 4.69) is 5.32 Å². The second-order valence-electron chi connectivity index (χ2n) is 7.56. The van der Waals surface area contributed by atoms with Crippen molar-refractivity contribution in [3.63, 3.8) is 0 Å². The molecule has 0 spiro atoms. The normalized spacial score (nSPS) is 15.9. The van der Waals surface area contributed by atoms with Crippen LogP contribution >= 0.6 is 11.8 Å². The fraction of sp³-hybridized carbons (Fsp3) is 0.160. The first-order valence-corrected chi connectivity index (χ1v) is 10.9. The van der Waals surface area contributed by atoms with Crippen LogP contribution in [-0.4, -0.2) is 23.0 Å². The van der Waals surface area contributed by atoms with Crippen molar-refractivity contribution in [2.75, 3.05) is 10.2 Å². The Hall–Kier alpha value is -3.38. The van der Waals surface area contributed by atoms with Crippen LogP contribution in [0.4, 0.5) is 11.4 Å². The summed E-state index contributed by atoms with van der Waals surface area (Å²) >= 11 is 1.37. The van der Waals surface area contributed by atoms with Crippen LogP contribution in [0.25, 0.3) is 0 Å². The van der Waals surface area contributed by atoms with Gasteiger partial charge in [0, 0.05) is 22.6 Å². The maximum atomic E-state index is 12.8. The summed E-state index contributed by atoms with van der Waals surface area (Å²) in [4.78, 5) is 39.8. The lowest BCUT2D eigenvalue weighted by atomic mass is 10.1. The molecule has 31 heavy (non-hydrogen) atoms. The highest BCUT2D eigenvalue weighted by atomic mass is 32.2. The molecule has 0 bridgehead atoms. The van der Waals surface area contributed by atoms with Gasteiger partial charge in [0.1, 0.15) is 0 Å². The Kier molecular flexibility index (Phi) is 5.91. The van der Waals surface area contributed by atoms with Gasteiger partial charge in [0.2, 0.25) is 11.8 Å². The number of carbonyl (C=O) groups excluding carboxylic acids is 3. The van der Waals surface area contributed by atoms with Gasteiger partial charge < -0.3 is 5.32 Å². The molecule has 0 aromatic heterocycles. The first kappa shape index (κ1) is 20.9. The highest BCUT2D eigenvalue weighted by Gasteiger charge is 2.40. The molecule has 3 aromatic carbocycles. The predicted molar refractivity (Wildman–Crippen MR) is 124 cm³/mol. The van der Waals surface area contributed by atoms with Crippen molar-refractivity contribution < 1.29 is 14.4 Å². The number of thioether (sulfide) groups is 1. The molecule has 1 fully saturated rings. The van der Waals surface area contributed by atoms with Crippen molar-refractivity contribution >= 4 is 40.9 Å². The average molecular weight is 431 g/mol. The minimum absolute atomic E-state index is 0.170. The summed E-state index contributed by atoms with van der Waals surface area (Å²) in [6.07, 6.45) is 0.170. The molecule has 4 rings (SSSR count). The number of carbonyl (C=O) groups is 3. The van der Waals surface area contributed by atoms with Gasteiger partial charge in [0.25, 0.3) is 5.91 Å². The zero-order valence-corrected chi connectivity index (χ0v) is 18.1. The van der Waals surface area contributed by atoms with E-state index < -0.39 is 5.25 Å². The third-order valence-corrected chi connectivity index (χ3v) is 6.30. The molecule has 1 saturated heterocycles. The molecule has 1 aliphatic heterocycles. The van der Waals surface area contributed by atoms with Crippen LogP contribution in [0.15, 0.2) is 77.7 Å². The van der Waals surface area contributed by atoms with Gasteiger partial charge in [-0.1, -0.05) is 35.4 Å². The maximum Gasteiger partial charge on any atom is 0.255 e. The van der Waals surface area contributed by atoms with Crippen molar-refractivity contribution in [3.8, 4) is 0 Å². The molecule has 0 radical (unpaired) electrons. The molecule has 0 saturated carbocycles. The molecule has 1 unspecified atom stereocenters. The van der Waals surface area contributed by atoms with Crippen molar-refractivity contribution in [1.29, 1.82) is 0 Å². The van der Waals surface area contributed by atoms with Crippen LogP contribution in [0.2, 0.25) is 0 Å². The summed E-state index contributed by atoms with van der Waals surface area (Å²) < 4.78 is 0. The molecule has 3 amide bonds. The van der Waals surface area contributed by atoms with Crippen LogP contribution in [0, 0.1) is 13.8 Å².